The highest BCUT2D eigenvalue weighted by molar-refractivity contribution is 6.01. The summed E-state index contributed by atoms with van der Waals surface area (Å²) in [7, 11) is 1.60. The van der Waals surface area contributed by atoms with Crippen molar-refractivity contribution in [3.05, 3.63) is 35.9 Å². The van der Waals surface area contributed by atoms with Crippen LogP contribution in [0.25, 0.3) is 0 Å². The van der Waals surface area contributed by atoms with E-state index in [1.54, 1.807) is 62.4 Å². The third kappa shape index (κ3) is 22.0. The Morgan fingerprint density at radius 1 is 0.652 bits per heavy atom. The van der Waals surface area contributed by atoms with Gasteiger partial charge < -0.3 is 84.5 Å². The number of benzene rings is 1. The van der Waals surface area contributed by atoms with Gasteiger partial charge in [0.2, 0.25) is 70.9 Å². The maximum Gasteiger partial charge on any atom is 0.329 e. The molecule has 2 unspecified atom stereocenters. The molecular formula is C60H97N13O16. The fourth-order valence-corrected chi connectivity index (χ4v) is 9.97. The van der Waals surface area contributed by atoms with Crippen LogP contribution in [0.4, 0.5) is 0 Å². The molecule has 3 rings (SSSR count). The van der Waals surface area contributed by atoms with Crippen LogP contribution in [-0.2, 0) is 73.5 Å². The van der Waals surface area contributed by atoms with Crippen molar-refractivity contribution in [1.29, 1.82) is 0 Å². The number of primary amides is 1. The fraction of sp³-hybridized carbons (Fsp3) is 0.683. The zero-order chi connectivity index (χ0) is 67.0. The van der Waals surface area contributed by atoms with Crippen LogP contribution in [0.3, 0.4) is 0 Å². The van der Waals surface area contributed by atoms with E-state index in [2.05, 4.69) is 63.8 Å². The van der Waals surface area contributed by atoms with Crippen molar-refractivity contribution in [3.63, 3.8) is 0 Å². The van der Waals surface area contributed by atoms with Crippen molar-refractivity contribution in [3.8, 4) is 0 Å². The summed E-state index contributed by atoms with van der Waals surface area (Å²) >= 11 is 0. The number of aliphatic hydroxyl groups excluding tert-OH is 2. The topological polar surface area (TPSA) is 442 Å². The first-order valence-electron chi connectivity index (χ1n) is 30.7. The van der Waals surface area contributed by atoms with E-state index in [4.69, 9.17) is 10.5 Å². The van der Waals surface area contributed by atoms with Crippen LogP contribution in [0.2, 0.25) is 0 Å². The molecule has 89 heavy (non-hydrogen) atoms. The van der Waals surface area contributed by atoms with Gasteiger partial charge in [-0.05, 0) is 81.7 Å². The van der Waals surface area contributed by atoms with Crippen molar-refractivity contribution in [1.82, 2.24) is 63.8 Å². The summed E-state index contributed by atoms with van der Waals surface area (Å²) in [6, 6.07) is -5.17. The van der Waals surface area contributed by atoms with Gasteiger partial charge in [0.1, 0.15) is 66.0 Å². The molecule has 1 aliphatic heterocycles. The molecule has 29 heteroatoms. The molecule has 1 aliphatic carbocycles. The smallest absolute Gasteiger partial charge is 0.329 e. The second-order valence-electron chi connectivity index (χ2n) is 23.5. The number of likely N-dealkylation sites (N-methyl/N-ethyl adjacent to an activating group) is 1. The molecule has 2 aliphatic rings. The fourth-order valence-electron chi connectivity index (χ4n) is 9.97. The summed E-state index contributed by atoms with van der Waals surface area (Å²) in [5.41, 5.74) is 4.81. The predicted molar refractivity (Wildman–Crippen MR) is 324 cm³/mol. The lowest BCUT2D eigenvalue weighted by Crippen LogP contribution is -2.63. The van der Waals surface area contributed by atoms with E-state index in [-0.39, 0.29) is 31.7 Å². The molecule has 16 N–H and O–H groups in total. The Bertz CT molecular complexity index is 2650. The number of hydrogen-bond donors (Lipinski definition) is 15. The average Bonchev–Trinajstić information content (AvgIpc) is 1.76. The van der Waals surface area contributed by atoms with Gasteiger partial charge in [-0.3, -0.25) is 57.5 Å². The van der Waals surface area contributed by atoms with Gasteiger partial charge >= 0.3 is 5.97 Å². The molecule has 17 atom stereocenters. The Balaban J connectivity index is 1.85. The van der Waals surface area contributed by atoms with E-state index in [1.807, 2.05) is 30.3 Å². The van der Waals surface area contributed by atoms with E-state index in [0.29, 0.717) is 25.7 Å². The van der Waals surface area contributed by atoms with Crippen LogP contribution in [-0.4, -0.2) is 186 Å². The normalized spacial score (nSPS) is 23.1. The van der Waals surface area contributed by atoms with Gasteiger partial charge in [-0.1, -0.05) is 111 Å². The van der Waals surface area contributed by atoms with E-state index in [1.165, 1.54) is 20.8 Å². The highest BCUT2D eigenvalue weighted by Gasteiger charge is 2.61. The van der Waals surface area contributed by atoms with Gasteiger partial charge in [-0.15, -0.1) is 0 Å². The van der Waals surface area contributed by atoms with Crippen molar-refractivity contribution in [2.24, 2.45) is 35.3 Å². The maximum absolute atomic E-state index is 14.4. The van der Waals surface area contributed by atoms with Crippen LogP contribution < -0.4 is 69.5 Å². The third-order valence-electron chi connectivity index (χ3n) is 16.9. The molecule has 1 spiro atoms. The molecule has 12 amide bonds. The molecule has 1 saturated carbocycles. The molecule has 2 fully saturated rings. The Morgan fingerprint density at radius 3 is 1.62 bits per heavy atom. The quantitative estimate of drug-likeness (QED) is 0.0312. The predicted octanol–water partition coefficient (Wildman–Crippen LogP) is -3.02. The Morgan fingerprint density at radius 2 is 1.13 bits per heavy atom. The zero-order valence-corrected chi connectivity index (χ0v) is 53.3. The van der Waals surface area contributed by atoms with E-state index >= 15 is 0 Å². The maximum atomic E-state index is 14.4. The number of rotatable bonds is 33. The standard InChI is InChI=1S/C60H97N13O16/c1-13-30(5)44(69-51(80)40(62-12)26-37-20-18-17-19-21-37)54(83)66-41(28-74)52(81)65-39(22-23-43(61)77)50(79)68-46(32(7)15-3)56(85)70-45(31(6)14-2)55(84)67-42(29-75)53(82)71-48-35(10)89-58(87)47(33(8)16-4)72-59(88)60(27-38(60)24-25-63-36(11)76)73-49(78)34(9)64-57(48)86/h17-21,30-35,38-42,44-48,62,74-75H,13-16,22-29H2,1-12H3,(H2,61,77)(H,63,76)(H,64,86)(H,65,81)(H,66,83)(H,67,84)(H,68,79)(H,69,80)(H,70,85)(H,71,82)(H,72,88)(H,73,78)/t30-,31-,32-,33-,34-,35-,38?,39+,40+,41-,42-,44-,45-,46+,47-,48+,60?/m0/s1. The first-order chi connectivity index (χ1) is 42.0. The molecule has 1 saturated heterocycles. The molecule has 1 aromatic rings. The SMILES string of the molecule is CC[C@H](C)[C@H](NC(=O)[C@@H](Cc1ccccc1)NC)C(=O)N[C@@H](CO)C(=O)N[C@H](CCC(N)=O)C(=O)N[C@@H](C(=O)N[C@H](C(=O)N[C@@H](CO)C(=O)N[C@H]1C(=O)N[C@@H](C)C(=O)NC2(CC2CCNC(C)=O)C(=O)N[C@@H]([C@@H](C)CC)C(=O)O[C@H]1C)[C@@H](C)CC)[C@@H](C)CC. The third-order valence-corrected chi connectivity index (χ3v) is 16.9. The van der Waals surface area contributed by atoms with Crippen molar-refractivity contribution >= 4 is 76.9 Å². The minimum Gasteiger partial charge on any atom is -0.458 e. The summed E-state index contributed by atoms with van der Waals surface area (Å²) in [4.78, 5) is 178. The number of amides is 12. The van der Waals surface area contributed by atoms with Gasteiger partial charge in [0.15, 0.2) is 0 Å². The van der Waals surface area contributed by atoms with Crippen LogP contribution in [0.5, 0.6) is 0 Å². The number of carbonyl (C=O) groups is 13. The summed E-state index contributed by atoms with van der Waals surface area (Å²) in [6.45, 7) is 15.7. The van der Waals surface area contributed by atoms with Crippen LogP contribution >= 0.6 is 0 Å². The molecule has 1 aromatic carbocycles. The molecule has 0 radical (unpaired) electrons. The lowest BCUT2D eigenvalue weighted by Gasteiger charge is -2.31. The number of hydrogen-bond acceptors (Lipinski definition) is 17. The Hall–Kier alpha value is -7.79. The van der Waals surface area contributed by atoms with Gasteiger partial charge in [-0.2, -0.15) is 0 Å². The van der Waals surface area contributed by atoms with Crippen molar-refractivity contribution in [2.45, 2.75) is 206 Å². The second-order valence-corrected chi connectivity index (χ2v) is 23.5. The summed E-state index contributed by atoms with van der Waals surface area (Å²) < 4.78 is 5.75. The number of aliphatic hydroxyl groups is 2. The number of ether oxygens (including phenoxy) is 1. The number of cyclic esters (lactones) is 1. The summed E-state index contributed by atoms with van der Waals surface area (Å²) in [5.74, 6) is -13.9. The first kappa shape index (κ1) is 75.5. The lowest BCUT2D eigenvalue weighted by atomic mass is 9.94. The summed E-state index contributed by atoms with van der Waals surface area (Å²) in [6.07, 6.45) is -0.304. The van der Waals surface area contributed by atoms with E-state index in [9.17, 15) is 72.5 Å². The van der Waals surface area contributed by atoms with Gasteiger partial charge in [-0.25, -0.2) is 4.79 Å². The molecular weight excluding hydrogens is 1160 g/mol. The molecule has 29 nitrogen and oxygen atoms in total. The largest absolute Gasteiger partial charge is 0.458 e. The number of nitrogens with one attached hydrogen (secondary N) is 12. The molecule has 0 aromatic heterocycles. The van der Waals surface area contributed by atoms with Crippen LogP contribution in [0, 0.1) is 29.6 Å². The highest BCUT2D eigenvalue weighted by atomic mass is 16.5. The first-order valence-corrected chi connectivity index (χ1v) is 30.7. The lowest BCUT2D eigenvalue weighted by molar-refractivity contribution is -0.157. The minimum atomic E-state index is -1.83. The van der Waals surface area contributed by atoms with Crippen LogP contribution in [0.1, 0.15) is 133 Å². The summed E-state index contributed by atoms with van der Waals surface area (Å²) in [5, 5.41) is 52.2. The number of nitrogens with two attached hydrogens (primary N) is 1. The molecule has 498 valence electrons. The van der Waals surface area contributed by atoms with Crippen molar-refractivity contribution < 1.29 is 77.3 Å². The average molecular weight is 1260 g/mol. The molecule has 0 bridgehead atoms. The number of esters is 1. The van der Waals surface area contributed by atoms with E-state index < -0.39 is 199 Å². The van der Waals surface area contributed by atoms with E-state index in [0.717, 1.165) is 5.56 Å². The van der Waals surface area contributed by atoms with Gasteiger partial charge in [0.25, 0.3) is 0 Å². The highest BCUT2D eigenvalue weighted by Crippen LogP contribution is 2.46. The Labute approximate surface area is 520 Å². The number of carbonyl (C=O) groups excluding carboxylic acids is 13. The monoisotopic (exact) mass is 1260 g/mol. The van der Waals surface area contributed by atoms with Gasteiger partial charge in [0, 0.05) is 19.9 Å². The van der Waals surface area contributed by atoms with Crippen molar-refractivity contribution in [2.75, 3.05) is 26.8 Å². The second kappa shape index (κ2) is 36.0. The van der Waals surface area contributed by atoms with Crippen LogP contribution in [0.15, 0.2) is 30.3 Å². The Kier molecular flexibility index (Phi) is 30.5. The zero-order valence-electron chi connectivity index (χ0n) is 53.3. The minimum absolute atomic E-state index is 0.159. The van der Waals surface area contributed by atoms with Gasteiger partial charge in [0.05, 0.1) is 19.3 Å². The molecule has 1 heterocycles.